The monoisotopic (exact) mass is 476 g/mol. The molecular formula is C16H24N6O9S. The van der Waals surface area contributed by atoms with Crippen molar-refractivity contribution in [2.75, 3.05) is 6.61 Å². The first-order valence-electron chi connectivity index (χ1n) is 9.12. The van der Waals surface area contributed by atoms with Crippen LogP contribution >= 0.6 is 11.8 Å². The normalized spacial score (nSPS) is 26.4. The van der Waals surface area contributed by atoms with Gasteiger partial charge in [-0.1, -0.05) is 0 Å². The average molecular weight is 476 g/mol. The van der Waals surface area contributed by atoms with Gasteiger partial charge < -0.3 is 42.3 Å². The van der Waals surface area contributed by atoms with Crippen molar-refractivity contribution in [3.63, 3.8) is 0 Å². The number of urea groups is 1. The number of nitrogens with two attached hydrogens (primary N) is 2. The van der Waals surface area contributed by atoms with E-state index in [0.29, 0.717) is 11.8 Å². The summed E-state index contributed by atoms with van der Waals surface area (Å²) in [5.74, 6) is -2.70. The van der Waals surface area contributed by atoms with Gasteiger partial charge in [0.1, 0.15) is 23.0 Å². The third kappa shape index (κ3) is 5.17. The molecule has 10 N–H and O–H groups in total. The Labute approximate surface area is 184 Å². The fourth-order valence-corrected chi connectivity index (χ4v) is 4.61. The van der Waals surface area contributed by atoms with E-state index in [0.717, 1.165) is 9.13 Å². The molecule has 0 bridgehead atoms. The number of carboxylic acids is 1. The predicted octanol–water partition coefficient (Wildman–Crippen LogP) is -5.25. The molecule has 2 heterocycles. The zero-order chi connectivity index (χ0) is 24.3. The number of primary amides is 1. The van der Waals surface area contributed by atoms with Gasteiger partial charge in [-0.05, 0) is 6.07 Å². The Morgan fingerprint density at radius 2 is 1.94 bits per heavy atom. The maximum Gasteiger partial charge on any atom is 0.340 e. The van der Waals surface area contributed by atoms with Crippen molar-refractivity contribution < 1.29 is 39.9 Å². The summed E-state index contributed by atoms with van der Waals surface area (Å²) >= 11 is 0.700. The number of aliphatic carboxylic acids is 1. The maximum atomic E-state index is 12.6. The largest absolute Gasteiger partial charge is 0.480 e. The molecule has 0 aliphatic carbocycles. The molecule has 1 aliphatic rings. The lowest BCUT2D eigenvalue weighted by atomic mass is 10.00. The van der Waals surface area contributed by atoms with Crippen LogP contribution in [0.25, 0.3) is 0 Å². The second kappa shape index (κ2) is 10.2. The topological polar surface area (TPSA) is 256 Å². The molecule has 1 saturated heterocycles. The van der Waals surface area contributed by atoms with Crippen molar-refractivity contribution in [1.29, 1.82) is 0 Å². The molecule has 0 radical (unpaired) electrons. The molecule has 0 saturated carbocycles. The molecule has 1 aromatic heterocycles. The lowest BCUT2D eigenvalue weighted by molar-refractivity contribution is -0.146. The van der Waals surface area contributed by atoms with E-state index in [4.69, 9.17) is 16.6 Å². The minimum atomic E-state index is -1.93. The SMILES string of the molecule is Cn1c(=NC(N)=O)ccn([C@@H]2S[C@H]([C@H](O)[C@@H](NC(=O)[C@H](N)CO)C(=O)O)[C@H](O)[C@@H]2O)c1=O. The van der Waals surface area contributed by atoms with Crippen LogP contribution in [0.3, 0.4) is 0 Å². The predicted molar refractivity (Wildman–Crippen MR) is 108 cm³/mol. The minimum Gasteiger partial charge on any atom is -0.480 e. The fraction of sp³-hybridized carbons (Fsp3) is 0.562. The number of amides is 3. The molecule has 178 valence electrons. The quantitative estimate of drug-likeness (QED) is 0.184. The Hall–Kier alpha value is -2.76. The van der Waals surface area contributed by atoms with E-state index in [2.05, 4.69) is 4.99 Å². The van der Waals surface area contributed by atoms with Gasteiger partial charge in [0, 0.05) is 13.2 Å². The van der Waals surface area contributed by atoms with Crippen molar-refractivity contribution in [3.8, 4) is 0 Å². The lowest BCUT2D eigenvalue weighted by Gasteiger charge is -2.27. The van der Waals surface area contributed by atoms with Crippen molar-refractivity contribution in [3.05, 3.63) is 28.2 Å². The zero-order valence-electron chi connectivity index (χ0n) is 16.7. The average Bonchev–Trinajstić information content (AvgIpc) is 3.02. The van der Waals surface area contributed by atoms with Crippen LogP contribution < -0.4 is 28.0 Å². The number of thioether (sulfide) groups is 1. The van der Waals surface area contributed by atoms with Gasteiger partial charge >= 0.3 is 17.7 Å². The van der Waals surface area contributed by atoms with Crippen LogP contribution in [0.1, 0.15) is 5.37 Å². The number of carboxylic acid groups (broad SMARTS) is 1. The molecule has 3 amide bonds. The molecule has 0 spiro atoms. The van der Waals surface area contributed by atoms with Crippen molar-refractivity contribution in [2.45, 2.75) is 41.0 Å². The number of hydrogen-bond donors (Lipinski definition) is 8. The smallest absolute Gasteiger partial charge is 0.340 e. The van der Waals surface area contributed by atoms with E-state index < -0.39 is 71.2 Å². The molecule has 1 aliphatic heterocycles. The Bertz CT molecular complexity index is 1010. The van der Waals surface area contributed by atoms with E-state index in [1.54, 1.807) is 0 Å². The van der Waals surface area contributed by atoms with Crippen molar-refractivity contribution in [2.24, 2.45) is 23.5 Å². The number of aliphatic hydroxyl groups is 4. The number of rotatable bonds is 7. The highest BCUT2D eigenvalue weighted by Crippen LogP contribution is 2.43. The molecule has 15 nitrogen and oxygen atoms in total. The van der Waals surface area contributed by atoms with Crippen LogP contribution in [0, 0.1) is 0 Å². The summed E-state index contributed by atoms with van der Waals surface area (Å²) in [5, 5.41) is 49.2. The summed E-state index contributed by atoms with van der Waals surface area (Å²) in [4.78, 5) is 50.5. The number of aromatic nitrogens is 2. The Morgan fingerprint density at radius 1 is 1.31 bits per heavy atom. The van der Waals surface area contributed by atoms with Gasteiger partial charge in [0.15, 0.2) is 6.04 Å². The maximum absolute atomic E-state index is 12.6. The van der Waals surface area contributed by atoms with Gasteiger partial charge in [0.25, 0.3) is 0 Å². The van der Waals surface area contributed by atoms with Crippen molar-refractivity contribution in [1.82, 2.24) is 14.5 Å². The number of carbonyl (C=O) groups excluding carboxylic acids is 2. The zero-order valence-corrected chi connectivity index (χ0v) is 17.5. The summed E-state index contributed by atoms with van der Waals surface area (Å²) in [7, 11) is 1.29. The van der Waals surface area contributed by atoms with Crippen LogP contribution in [0.4, 0.5) is 4.79 Å². The highest BCUT2D eigenvalue weighted by Gasteiger charge is 2.50. The second-order valence-electron chi connectivity index (χ2n) is 6.95. The Balaban J connectivity index is 2.34. The molecule has 7 atom stereocenters. The van der Waals surface area contributed by atoms with Crippen LogP contribution in [-0.4, -0.2) is 94.8 Å². The van der Waals surface area contributed by atoms with Crippen LogP contribution in [0.15, 0.2) is 22.1 Å². The molecule has 2 rings (SSSR count). The molecule has 1 aromatic rings. The van der Waals surface area contributed by atoms with Crippen molar-refractivity contribution >= 4 is 29.7 Å². The summed E-state index contributed by atoms with van der Waals surface area (Å²) in [6.45, 7) is -0.770. The van der Waals surface area contributed by atoms with E-state index >= 15 is 0 Å². The van der Waals surface area contributed by atoms with Gasteiger partial charge in [0.2, 0.25) is 5.91 Å². The van der Waals surface area contributed by atoms with Crippen LogP contribution in [0.5, 0.6) is 0 Å². The minimum absolute atomic E-state index is 0.0674. The highest BCUT2D eigenvalue weighted by atomic mass is 32.2. The van der Waals surface area contributed by atoms with E-state index in [1.807, 2.05) is 5.32 Å². The van der Waals surface area contributed by atoms with E-state index in [9.17, 15) is 39.6 Å². The van der Waals surface area contributed by atoms with Crippen LogP contribution in [0.2, 0.25) is 0 Å². The third-order valence-corrected chi connectivity index (χ3v) is 6.44. The number of hydrogen-bond acceptors (Lipinski definition) is 10. The molecule has 1 fully saturated rings. The summed E-state index contributed by atoms with van der Waals surface area (Å²) in [6.07, 6.45) is -4.02. The van der Waals surface area contributed by atoms with Gasteiger partial charge in [-0.25, -0.2) is 14.4 Å². The van der Waals surface area contributed by atoms with E-state index in [1.165, 1.54) is 19.3 Å². The molecule has 0 aromatic carbocycles. The second-order valence-corrected chi connectivity index (χ2v) is 8.25. The Kier molecular flexibility index (Phi) is 8.16. The molecule has 0 unspecified atom stereocenters. The number of aliphatic hydroxyl groups excluding tert-OH is 4. The third-order valence-electron chi connectivity index (χ3n) is 4.79. The Morgan fingerprint density at radius 3 is 2.47 bits per heavy atom. The summed E-state index contributed by atoms with van der Waals surface area (Å²) < 4.78 is 1.96. The highest BCUT2D eigenvalue weighted by molar-refractivity contribution is 8.00. The van der Waals surface area contributed by atoms with Gasteiger partial charge in [-0.2, -0.15) is 4.99 Å². The first-order valence-corrected chi connectivity index (χ1v) is 10.1. The first kappa shape index (κ1) is 25.5. The van der Waals surface area contributed by atoms with Crippen LogP contribution in [-0.2, 0) is 16.6 Å². The van der Waals surface area contributed by atoms with Gasteiger partial charge in [-0.3, -0.25) is 13.9 Å². The number of nitrogens with one attached hydrogen (secondary N) is 1. The first-order chi connectivity index (χ1) is 14.9. The lowest BCUT2D eigenvalue weighted by Crippen LogP contribution is -2.57. The van der Waals surface area contributed by atoms with E-state index in [-0.39, 0.29) is 5.49 Å². The molecule has 32 heavy (non-hydrogen) atoms. The summed E-state index contributed by atoms with van der Waals surface area (Å²) in [5.41, 5.74) is 9.49. The van der Waals surface area contributed by atoms with Gasteiger partial charge in [-0.15, -0.1) is 11.8 Å². The molecule has 16 heteroatoms. The number of nitrogens with zero attached hydrogens (tertiary/aromatic N) is 3. The molecular weight excluding hydrogens is 452 g/mol. The fourth-order valence-electron chi connectivity index (χ4n) is 3.04. The number of carbonyl (C=O) groups is 3. The van der Waals surface area contributed by atoms with Gasteiger partial charge in [0.05, 0.1) is 24.1 Å². The standard InChI is InChI=1S/C16H24N6O9S/c1-21-6(19-15(18)30)2-3-22(16(21)31)13-10(26)9(25)11(32-13)8(24)7(14(28)29)20-12(27)5(17)4-23/h2-3,5,7-11,13,23-26H,4,17H2,1H3,(H2,18,30)(H,20,27)(H,28,29)/t5-,7-,8-,9-,10+,11-,13-/m1/s1. The summed E-state index contributed by atoms with van der Waals surface area (Å²) in [6, 6.07) is -3.14.